The lowest BCUT2D eigenvalue weighted by Gasteiger charge is -2.41. The minimum absolute atomic E-state index is 0.120. The van der Waals surface area contributed by atoms with E-state index in [0.29, 0.717) is 22.1 Å². The average molecular weight is 561 g/mol. The Bertz CT molecular complexity index is 1540. The van der Waals surface area contributed by atoms with Crippen molar-refractivity contribution in [2.24, 2.45) is 5.92 Å². The van der Waals surface area contributed by atoms with Crippen LogP contribution in [0.15, 0.2) is 66.7 Å². The quantitative estimate of drug-likeness (QED) is 0.161. The largest absolute Gasteiger partial charge is 0.497 e. The molecular weight excluding hydrogens is 524 g/mol. The first-order valence-corrected chi connectivity index (χ1v) is 13.8. The van der Waals surface area contributed by atoms with Crippen molar-refractivity contribution in [3.05, 3.63) is 94.1 Å². The number of esters is 1. The number of methoxy groups -OCH3 is 1. The van der Waals surface area contributed by atoms with Crippen LogP contribution in [0.4, 0.5) is 0 Å². The van der Waals surface area contributed by atoms with Crippen LogP contribution in [0.25, 0.3) is 10.9 Å². The Balaban J connectivity index is 2.10. The number of rotatable bonds is 9. The number of aromatic nitrogens is 1. The molecule has 3 aromatic carbocycles. The molecule has 0 unspecified atom stereocenters. The second kappa shape index (κ2) is 11.9. The molecule has 0 bridgehead atoms. The van der Waals surface area contributed by atoms with Crippen molar-refractivity contribution in [1.29, 1.82) is 0 Å². The maximum atomic E-state index is 14.1. The minimum Gasteiger partial charge on any atom is -0.497 e. The van der Waals surface area contributed by atoms with E-state index in [1.165, 1.54) is 6.92 Å². The first kappa shape index (κ1) is 29.4. The monoisotopic (exact) mass is 560 g/mol. The van der Waals surface area contributed by atoms with Crippen molar-refractivity contribution in [3.63, 3.8) is 0 Å². The number of carbonyl (C=O) groups excluding carboxylic acids is 2. The molecule has 0 radical (unpaired) electrons. The smallest absolute Gasteiger partial charge is 0.308 e. The van der Waals surface area contributed by atoms with E-state index in [0.717, 1.165) is 40.7 Å². The Hall–Kier alpha value is -3.61. The van der Waals surface area contributed by atoms with Crippen LogP contribution in [0.3, 0.4) is 0 Å². The molecule has 1 heterocycles. The summed E-state index contributed by atoms with van der Waals surface area (Å²) in [6, 6.07) is 20.6. The minimum atomic E-state index is -0.527. The van der Waals surface area contributed by atoms with E-state index in [2.05, 4.69) is 38.9 Å². The third-order valence-electron chi connectivity index (χ3n) is 7.80. The number of benzene rings is 3. The van der Waals surface area contributed by atoms with Crippen LogP contribution < -0.4 is 9.47 Å². The van der Waals surface area contributed by atoms with E-state index >= 15 is 0 Å². The second-order valence-electron chi connectivity index (χ2n) is 10.6. The molecule has 4 rings (SSSR count). The van der Waals surface area contributed by atoms with Gasteiger partial charge in [0.15, 0.2) is 0 Å². The van der Waals surface area contributed by atoms with Crippen LogP contribution in [-0.4, -0.2) is 49.1 Å². The van der Waals surface area contributed by atoms with Crippen LogP contribution in [0.5, 0.6) is 11.5 Å². The highest BCUT2D eigenvalue weighted by Crippen LogP contribution is 2.49. The van der Waals surface area contributed by atoms with Crippen molar-refractivity contribution in [1.82, 2.24) is 9.47 Å². The first-order valence-electron chi connectivity index (χ1n) is 13.5. The van der Waals surface area contributed by atoms with Crippen molar-refractivity contribution >= 4 is 34.4 Å². The zero-order valence-electron chi connectivity index (χ0n) is 24.2. The van der Waals surface area contributed by atoms with E-state index in [4.69, 9.17) is 21.1 Å². The standard InChI is InChI=1S/C33H37ClN2O4/c1-8-33(21(2)20-35(5)6,25-10-9-11-28(18-25)40-23(4)37)31-22(3)36(30-17-16-27(39-7)19-29(30)31)32(38)24-12-14-26(34)15-13-24/h9-19,21H,8,20H2,1-7H3/t21-,33+/m0/s1. The number of hydrogen-bond acceptors (Lipinski definition) is 5. The average Bonchev–Trinajstić information content (AvgIpc) is 3.20. The van der Waals surface area contributed by atoms with Gasteiger partial charge >= 0.3 is 5.97 Å². The summed E-state index contributed by atoms with van der Waals surface area (Å²) in [7, 11) is 5.78. The molecule has 6 nitrogen and oxygen atoms in total. The molecule has 40 heavy (non-hydrogen) atoms. The number of nitrogens with zero attached hydrogens (tertiary/aromatic N) is 2. The van der Waals surface area contributed by atoms with Crippen LogP contribution >= 0.6 is 11.6 Å². The lowest BCUT2D eigenvalue weighted by atomic mass is 9.63. The van der Waals surface area contributed by atoms with Crippen molar-refractivity contribution in [2.75, 3.05) is 27.7 Å². The highest BCUT2D eigenvalue weighted by molar-refractivity contribution is 6.30. The van der Waals surface area contributed by atoms with Crippen LogP contribution in [0.1, 0.15) is 54.4 Å². The number of fused-ring (bicyclic) bond motifs is 1. The number of halogens is 1. The summed E-state index contributed by atoms with van der Waals surface area (Å²) in [6.07, 6.45) is 0.748. The molecule has 4 aromatic rings. The Morgan fingerprint density at radius 1 is 1.02 bits per heavy atom. The number of ether oxygens (including phenoxy) is 2. The molecule has 210 valence electrons. The maximum Gasteiger partial charge on any atom is 0.308 e. The van der Waals surface area contributed by atoms with Gasteiger partial charge in [0.25, 0.3) is 5.91 Å². The van der Waals surface area contributed by atoms with E-state index in [1.807, 2.05) is 37.3 Å². The van der Waals surface area contributed by atoms with Gasteiger partial charge in [0.05, 0.1) is 12.6 Å². The molecule has 0 fully saturated rings. The van der Waals surface area contributed by atoms with Crippen molar-refractivity contribution in [2.45, 2.75) is 39.5 Å². The van der Waals surface area contributed by atoms with Gasteiger partial charge in [-0.25, -0.2) is 0 Å². The first-order chi connectivity index (χ1) is 19.0. The van der Waals surface area contributed by atoms with Gasteiger partial charge in [0.1, 0.15) is 11.5 Å². The molecule has 1 aromatic heterocycles. The predicted molar refractivity (Wildman–Crippen MR) is 161 cm³/mol. The van der Waals surface area contributed by atoms with Crippen LogP contribution in [0.2, 0.25) is 5.02 Å². The third kappa shape index (κ3) is 5.38. The van der Waals surface area contributed by atoms with Crippen LogP contribution in [-0.2, 0) is 10.2 Å². The zero-order chi connectivity index (χ0) is 29.2. The molecule has 0 spiro atoms. The summed E-state index contributed by atoms with van der Waals surface area (Å²) >= 11 is 6.13. The summed E-state index contributed by atoms with van der Waals surface area (Å²) in [5, 5.41) is 1.52. The van der Waals surface area contributed by atoms with Gasteiger partial charge < -0.3 is 14.4 Å². The summed E-state index contributed by atoms with van der Waals surface area (Å²) in [6.45, 7) is 8.63. The fraction of sp³-hybridized carbons (Fsp3) is 0.333. The SMILES string of the molecule is CC[C@@](c1cccc(OC(C)=O)c1)(c1c(C)n(C(=O)c2ccc(Cl)cc2)c2ccc(OC)cc12)[C@@H](C)CN(C)C. The molecule has 0 amide bonds. The molecule has 7 heteroatoms. The topological polar surface area (TPSA) is 60.8 Å². The molecular formula is C33H37ClN2O4. The summed E-state index contributed by atoms with van der Waals surface area (Å²) in [5.41, 5.74) is 3.76. The lowest BCUT2D eigenvalue weighted by molar-refractivity contribution is -0.131. The van der Waals surface area contributed by atoms with Gasteiger partial charge in [0.2, 0.25) is 0 Å². The van der Waals surface area contributed by atoms with E-state index in [-0.39, 0.29) is 17.8 Å². The van der Waals surface area contributed by atoms with Crippen LogP contribution in [0, 0.1) is 12.8 Å². The Labute approximate surface area is 241 Å². The van der Waals surface area contributed by atoms with E-state index < -0.39 is 5.41 Å². The van der Waals surface area contributed by atoms with Gasteiger partial charge in [-0.05, 0) is 99.1 Å². The zero-order valence-corrected chi connectivity index (χ0v) is 25.0. The summed E-state index contributed by atoms with van der Waals surface area (Å²) in [5.74, 6) is 0.829. The maximum absolute atomic E-state index is 14.1. The van der Waals surface area contributed by atoms with Crippen molar-refractivity contribution < 1.29 is 19.1 Å². The second-order valence-corrected chi connectivity index (χ2v) is 11.0. The fourth-order valence-corrected chi connectivity index (χ4v) is 6.31. The normalized spacial score (nSPS) is 13.7. The van der Waals surface area contributed by atoms with Crippen molar-refractivity contribution in [3.8, 4) is 11.5 Å². The Morgan fingerprint density at radius 2 is 1.73 bits per heavy atom. The van der Waals surface area contributed by atoms with E-state index in [1.54, 1.807) is 42.0 Å². The Morgan fingerprint density at radius 3 is 2.33 bits per heavy atom. The van der Waals surface area contributed by atoms with Gasteiger partial charge in [-0.15, -0.1) is 0 Å². The Kier molecular flexibility index (Phi) is 8.71. The highest BCUT2D eigenvalue weighted by Gasteiger charge is 2.43. The fourth-order valence-electron chi connectivity index (χ4n) is 6.18. The molecule has 0 aliphatic heterocycles. The summed E-state index contributed by atoms with van der Waals surface area (Å²) < 4.78 is 13.0. The molecule has 0 saturated heterocycles. The molecule has 0 N–H and O–H groups in total. The van der Waals surface area contributed by atoms with Gasteiger partial charge in [-0.3, -0.25) is 14.2 Å². The van der Waals surface area contributed by atoms with Gasteiger partial charge in [0, 0.05) is 40.5 Å². The lowest BCUT2D eigenvalue weighted by Crippen LogP contribution is -2.40. The van der Waals surface area contributed by atoms with Gasteiger partial charge in [-0.2, -0.15) is 0 Å². The third-order valence-corrected chi connectivity index (χ3v) is 8.05. The molecule has 0 aliphatic carbocycles. The number of hydrogen-bond donors (Lipinski definition) is 0. The molecule has 2 atom stereocenters. The summed E-state index contributed by atoms with van der Waals surface area (Å²) in [4.78, 5) is 28.1. The molecule has 0 saturated carbocycles. The van der Waals surface area contributed by atoms with Gasteiger partial charge in [-0.1, -0.05) is 37.6 Å². The molecule has 0 aliphatic rings. The van der Waals surface area contributed by atoms with E-state index in [9.17, 15) is 9.59 Å². The predicted octanol–water partition coefficient (Wildman–Crippen LogP) is 7.12. The highest BCUT2D eigenvalue weighted by atomic mass is 35.5. The number of carbonyl (C=O) groups is 2.